The zero-order chi connectivity index (χ0) is 19.1. The predicted molar refractivity (Wildman–Crippen MR) is 99.1 cm³/mol. The molecule has 0 aliphatic heterocycles. The van der Waals surface area contributed by atoms with Crippen LogP contribution < -0.4 is 15.4 Å². The summed E-state index contributed by atoms with van der Waals surface area (Å²) in [5.41, 5.74) is 5.94. The Morgan fingerprint density at radius 2 is 2.00 bits per heavy atom. The molecule has 0 fully saturated rings. The zero-order valence-corrected chi connectivity index (χ0v) is 15.3. The Balaban J connectivity index is 2.01. The third-order valence-electron chi connectivity index (χ3n) is 3.54. The molecule has 1 heterocycles. The molecule has 0 saturated heterocycles. The van der Waals surface area contributed by atoms with E-state index in [4.69, 9.17) is 15.9 Å². The third kappa shape index (κ3) is 5.03. The number of nitrogens with one attached hydrogen (secondary N) is 1. The van der Waals surface area contributed by atoms with E-state index in [9.17, 15) is 9.59 Å². The molecule has 0 radical (unpaired) electrons. The zero-order valence-electron chi connectivity index (χ0n) is 14.5. The number of nitrogens with two attached hydrogens (primary N) is 1. The molecule has 1 aromatic carbocycles. The standard InChI is InChI=1S/C17H20N4O4S/c1-3-21(9-8-14(22)24-2)17-20-10-13(26-17)16(23)25-12-6-4-11(5-7-12)15(18)19/h4-7,10H,3,8-9H2,1-2H3,(H3,18,19). The van der Waals surface area contributed by atoms with Crippen molar-refractivity contribution in [2.45, 2.75) is 13.3 Å². The maximum absolute atomic E-state index is 12.3. The fourth-order valence-electron chi connectivity index (χ4n) is 2.08. The van der Waals surface area contributed by atoms with Crippen molar-refractivity contribution in [1.29, 1.82) is 5.41 Å². The highest BCUT2D eigenvalue weighted by molar-refractivity contribution is 7.17. The lowest BCUT2D eigenvalue weighted by atomic mass is 10.2. The molecular weight excluding hydrogens is 356 g/mol. The van der Waals surface area contributed by atoms with Gasteiger partial charge in [-0.05, 0) is 31.2 Å². The van der Waals surface area contributed by atoms with Crippen molar-refractivity contribution in [1.82, 2.24) is 4.98 Å². The number of nitrogen functional groups attached to an aromatic ring is 1. The smallest absolute Gasteiger partial charge is 0.355 e. The van der Waals surface area contributed by atoms with Crippen LogP contribution in [-0.2, 0) is 9.53 Å². The number of ether oxygens (including phenoxy) is 2. The Kier molecular flexibility index (Phi) is 6.67. The van der Waals surface area contributed by atoms with Crippen LogP contribution in [0, 0.1) is 5.41 Å². The van der Waals surface area contributed by atoms with Crippen LogP contribution in [0.3, 0.4) is 0 Å². The minimum Gasteiger partial charge on any atom is -0.469 e. The SMILES string of the molecule is CCN(CCC(=O)OC)c1ncc(C(=O)Oc2ccc(C(=N)N)cc2)s1. The topological polar surface area (TPSA) is 119 Å². The minimum absolute atomic E-state index is 0.0541. The third-order valence-corrected chi connectivity index (χ3v) is 4.57. The van der Waals surface area contributed by atoms with Gasteiger partial charge in [0.1, 0.15) is 16.5 Å². The Hall–Kier alpha value is -2.94. The average molecular weight is 376 g/mol. The van der Waals surface area contributed by atoms with E-state index in [-0.39, 0.29) is 18.2 Å². The molecule has 2 aromatic rings. The molecule has 26 heavy (non-hydrogen) atoms. The molecule has 3 N–H and O–H groups in total. The minimum atomic E-state index is -0.520. The van der Waals surface area contributed by atoms with Gasteiger partial charge in [-0.2, -0.15) is 0 Å². The molecule has 1 aromatic heterocycles. The van der Waals surface area contributed by atoms with Crippen LogP contribution >= 0.6 is 11.3 Å². The summed E-state index contributed by atoms with van der Waals surface area (Å²) in [6.45, 7) is 3.04. The van der Waals surface area contributed by atoms with Gasteiger partial charge in [0, 0.05) is 18.7 Å². The fourth-order valence-corrected chi connectivity index (χ4v) is 2.96. The van der Waals surface area contributed by atoms with Crippen LogP contribution in [0.25, 0.3) is 0 Å². The lowest BCUT2D eigenvalue weighted by Crippen LogP contribution is -2.25. The normalized spacial score (nSPS) is 10.2. The first-order valence-electron chi connectivity index (χ1n) is 7.88. The van der Waals surface area contributed by atoms with E-state index >= 15 is 0 Å². The van der Waals surface area contributed by atoms with Gasteiger partial charge in [-0.25, -0.2) is 9.78 Å². The van der Waals surface area contributed by atoms with Crippen LogP contribution in [0.2, 0.25) is 0 Å². The van der Waals surface area contributed by atoms with E-state index in [1.54, 1.807) is 24.3 Å². The van der Waals surface area contributed by atoms with E-state index in [2.05, 4.69) is 9.72 Å². The summed E-state index contributed by atoms with van der Waals surface area (Å²) in [4.78, 5) is 30.0. The van der Waals surface area contributed by atoms with Gasteiger partial charge in [-0.3, -0.25) is 10.2 Å². The van der Waals surface area contributed by atoms with E-state index in [1.165, 1.54) is 24.6 Å². The predicted octanol–water partition coefficient (Wildman–Crippen LogP) is 2.04. The first-order valence-corrected chi connectivity index (χ1v) is 8.70. The number of aromatic nitrogens is 1. The van der Waals surface area contributed by atoms with Crippen molar-refractivity contribution in [3.8, 4) is 5.75 Å². The highest BCUT2D eigenvalue weighted by atomic mass is 32.1. The number of esters is 2. The quantitative estimate of drug-likeness (QED) is 0.313. The van der Waals surface area contributed by atoms with E-state index < -0.39 is 5.97 Å². The second-order valence-electron chi connectivity index (χ2n) is 5.24. The van der Waals surface area contributed by atoms with Gasteiger partial charge in [-0.15, -0.1) is 0 Å². The largest absolute Gasteiger partial charge is 0.469 e. The molecule has 8 nitrogen and oxygen atoms in total. The van der Waals surface area contributed by atoms with Crippen molar-refractivity contribution < 1.29 is 19.1 Å². The number of carbonyl (C=O) groups excluding carboxylic acids is 2. The van der Waals surface area contributed by atoms with E-state index in [0.717, 1.165) is 0 Å². The first-order chi connectivity index (χ1) is 12.4. The highest BCUT2D eigenvalue weighted by Gasteiger charge is 2.17. The van der Waals surface area contributed by atoms with Crippen molar-refractivity contribution in [2.24, 2.45) is 5.73 Å². The lowest BCUT2D eigenvalue weighted by Gasteiger charge is -2.18. The Morgan fingerprint density at radius 3 is 2.58 bits per heavy atom. The van der Waals surface area contributed by atoms with Crippen molar-refractivity contribution in [2.75, 3.05) is 25.1 Å². The number of hydrogen-bond acceptors (Lipinski definition) is 8. The van der Waals surface area contributed by atoms with E-state index in [1.807, 2.05) is 11.8 Å². The number of nitrogens with zero attached hydrogens (tertiary/aromatic N) is 2. The number of amidine groups is 1. The van der Waals surface area contributed by atoms with Crippen LogP contribution in [0.5, 0.6) is 5.75 Å². The molecule has 0 aliphatic rings. The number of methoxy groups -OCH3 is 1. The van der Waals surface area contributed by atoms with Crippen LogP contribution in [0.4, 0.5) is 5.13 Å². The Labute approximate surface area is 155 Å². The first kappa shape index (κ1) is 19.4. The summed E-state index contributed by atoms with van der Waals surface area (Å²) in [5, 5.41) is 7.98. The van der Waals surface area contributed by atoms with Gasteiger partial charge in [0.05, 0.1) is 19.7 Å². The van der Waals surface area contributed by atoms with Gasteiger partial charge in [-0.1, -0.05) is 11.3 Å². The Morgan fingerprint density at radius 1 is 1.31 bits per heavy atom. The average Bonchev–Trinajstić information content (AvgIpc) is 3.12. The molecule has 9 heteroatoms. The summed E-state index contributed by atoms with van der Waals surface area (Å²) in [7, 11) is 1.35. The molecule has 0 atom stereocenters. The maximum atomic E-state index is 12.3. The number of anilines is 1. The molecule has 0 amide bonds. The summed E-state index contributed by atoms with van der Waals surface area (Å²) in [6, 6.07) is 6.36. The summed E-state index contributed by atoms with van der Waals surface area (Å²) in [5.74, 6) is -0.517. The van der Waals surface area contributed by atoms with Gasteiger partial charge >= 0.3 is 11.9 Å². The molecule has 2 rings (SSSR count). The summed E-state index contributed by atoms with van der Waals surface area (Å²) >= 11 is 1.19. The van der Waals surface area contributed by atoms with Crippen molar-refractivity contribution >= 4 is 34.2 Å². The summed E-state index contributed by atoms with van der Waals surface area (Å²) < 4.78 is 9.94. The number of carbonyl (C=O) groups is 2. The molecule has 138 valence electrons. The van der Waals surface area contributed by atoms with Gasteiger partial charge in [0.2, 0.25) is 0 Å². The number of benzene rings is 1. The molecule has 0 spiro atoms. The van der Waals surface area contributed by atoms with Gasteiger partial charge < -0.3 is 20.1 Å². The second-order valence-corrected chi connectivity index (χ2v) is 6.25. The monoisotopic (exact) mass is 376 g/mol. The van der Waals surface area contributed by atoms with Crippen LogP contribution in [-0.4, -0.2) is 43.0 Å². The number of rotatable bonds is 8. The molecule has 0 bridgehead atoms. The molecular formula is C17H20N4O4S. The molecule has 0 saturated carbocycles. The fraction of sp³-hybridized carbons (Fsp3) is 0.294. The van der Waals surface area contributed by atoms with Crippen LogP contribution in [0.1, 0.15) is 28.6 Å². The molecule has 0 aliphatic carbocycles. The van der Waals surface area contributed by atoms with Crippen LogP contribution in [0.15, 0.2) is 30.5 Å². The van der Waals surface area contributed by atoms with Crippen molar-refractivity contribution in [3.63, 3.8) is 0 Å². The van der Waals surface area contributed by atoms with Gasteiger partial charge in [0.25, 0.3) is 0 Å². The van der Waals surface area contributed by atoms with E-state index in [0.29, 0.717) is 34.4 Å². The highest BCUT2D eigenvalue weighted by Crippen LogP contribution is 2.24. The van der Waals surface area contributed by atoms with Gasteiger partial charge in [0.15, 0.2) is 5.13 Å². The van der Waals surface area contributed by atoms with Crippen molar-refractivity contribution in [3.05, 3.63) is 40.9 Å². The second kappa shape index (κ2) is 8.95. The molecule has 0 unspecified atom stereocenters. The summed E-state index contributed by atoms with van der Waals surface area (Å²) in [6.07, 6.45) is 1.69. The number of hydrogen-bond donors (Lipinski definition) is 2. The maximum Gasteiger partial charge on any atom is 0.355 e. The number of thiazole rings is 1. The Bertz CT molecular complexity index is 788. The lowest BCUT2D eigenvalue weighted by molar-refractivity contribution is -0.140.